The molecule has 2 aromatic heterocycles. The molecule has 182 valence electrons. The second-order valence-electron chi connectivity index (χ2n) is 7.55. The normalized spacial score (nSPS) is 11.3. The van der Waals surface area contributed by atoms with E-state index in [0.29, 0.717) is 0 Å². The van der Waals surface area contributed by atoms with E-state index < -0.39 is 0 Å². The first-order chi connectivity index (χ1) is 17.7. The summed E-state index contributed by atoms with van der Waals surface area (Å²) in [7, 11) is 3.36. The summed E-state index contributed by atoms with van der Waals surface area (Å²) in [6.07, 6.45) is 7.08. The van der Waals surface area contributed by atoms with Crippen molar-refractivity contribution in [3.05, 3.63) is 107 Å². The van der Waals surface area contributed by atoms with Crippen LogP contribution in [0.2, 0.25) is 0 Å². The highest BCUT2D eigenvalue weighted by Crippen LogP contribution is 2.28. The van der Waals surface area contributed by atoms with Crippen molar-refractivity contribution in [1.29, 1.82) is 0 Å². The largest absolute Gasteiger partial charge is 0.496 e. The van der Waals surface area contributed by atoms with Crippen LogP contribution in [-0.4, -0.2) is 36.6 Å². The second kappa shape index (κ2) is 13.5. The smallest absolute Gasteiger partial charge is 0.122 e. The number of benzene rings is 2. The van der Waals surface area contributed by atoms with Crippen molar-refractivity contribution in [3.8, 4) is 11.5 Å². The van der Waals surface area contributed by atoms with Crippen LogP contribution in [0.15, 0.2) is 105 Å². The zero-order valence-electron chi connectivity index (χ0n) is 20.1. The van der Waals surface area contributed by atoms with Crippen molar-refractivity contribution in [2.24, 2.45) is 10.2 Å². The summed E-state index contributed by atoms with van der Waals surface area (Å²) in [4.78, 5) is 8.74. The molecule has 0 unspecified atom stereocenters. The molecule has 0 aliphatic carbocycles. The molecule has 0 aliphatic rings. The van der Waals surface area contributed by atoms with Gasteiger partial charge in [-0.2, -0.15) is 10.2 Å². The molecule has 0 spiro atoms. The predicted molar refractivity (Wildman–Crippen MR) is 149 cm³/mol. The minimum atomic E-state index is 0.746. The number of pyridine rings is 2. The molecule has 6 nitrogen and oxygen atoms in total. The lowest BCUT2D eigenvalue weighted by Crippen LogP contribution is -1.94. The highest BCUT2D eigenvalue weighted by atomic mass is 32.2. The highest BCUT2D eigenvalue weighted by Gasteiger charge is 2.07. The van der Waals surface area contributed by atoms with E-state index in [1.807, 2.05) is 60.7 Å². The number of hydrogen-bond acceptors (Lipinski definition) is 8. The predicted octanol–water partition coefficient (Wildman–Crippen LogP) is 6.53. The van der Waals surface area contributed by atoms with Crippen LogP contribution in [0.3, 0.4) is 0 Å². The SMILES string of the molecule is COc1ccc(C=NN=Cc2ccc(OC)c(CSc3ccccn3)c2)cc1CSc1ccccn1. The molecule has 0 N–H and O–H groups in total. The Kier molecular flexibility index (Phi) is 9.53. The van der Waals surface area contributed by atoms with Gasteiger partial charge in [0.2, 0.25) is 0 Å². The third-order valence-electron chi connectivity index (χ3n) is 5.12. The molecule has 0 amide bonds. The summed E-state index contributed by atoms with van der Waals surface area (Å²) in [6, 6.07) is 23.8. The first-order valence-corrected chi connectivity index (χ1v) is 13.2. The van der Waals surface area contributed by atoms with E-state index in [1.54, 1.807) is 62.6 Å². The van der Waals surface area contributed by atoms with Gasteiger partial charge in [0.25, 0.3) is 0 Å². The highest BCUT2D eigenvalue weighted by molar-refractivity contribution is 7.98. The van der Waals surface area contributed by atoms with Gasteiger partial charge in [-0.3, -0.25) is 0 Å². The van der Waals surface area contributed by atoms with Crippen LogP contribution in [0.25, 0.3) is 0 Å². The fourth-order valence-corrected chi connectivity index (χ4v) is 5.03. The van der Waals surface area contributed by atoms with Gasteiger partial charge < -0.3 is 9.47 Å². The average molecular weight is 515 g/mol. The first kappa shape index (κ1) is 25.5. The van der Waals surface area contributed by atoms with Crippen molar-refractivity contribution in [1.82, 2.24) is 9.97 Å². The van der Waals surface area contributed by atoms with Crippen molar-refractivity contribution < 1.29 is 9.47 Å². The molecule has 4 rings (SSSR count). The Morgan fingerprint density at radius 3 is 1.53 bits per heavy atom. The van der Waals surface area contributed by atoms with E-state index in [2.05, 4.69) is 32.3 Å². The van der Waals surface area contributed by atoms with E-state index >= 15 is 0 Å². The number of rotatable bonds is 11. The quantitative estimate of drug-likeness (QED) is 0.129. The molecule has 0 saturated heterocycles. The van der Waals surface area contributed by atoms with E-state index in [9.17, 15) is 0 Å². The Balaban J connectivity index is 1.41. The number of nitrogens with zero attached hydrogens (tertiary/aromatic N) is 4. The van der Waals surface area contributed by atoms with E-state index in [-0.39, 0.29) is 0 Å². The van der Waals surface area contributed by atoms with Gasteiger partial charge in [-0.1, -0.05) is 12.1 Å². The Morgan fingerprint density at radius 2 is 1.14 bits per heavy atom. The zero-order chi connectivity index (χ0) is 25.0. The topological polar surface area (TPSA) is 69.0 Å². The van der Waals surface area contributed by atoms with Gasteiger partial charge in [-0.25, -0.2) is 9.97 Å². The first-order valence-electron chi connectivity index (χ1n) is 11.2. The van der Waals surface area contributed by atoms with Crippen molar-refractivity contribution in [2.75, 3.05) is 14.2 Å². The molecular weight excluding hydrogens is 488 g/mol. The van der Waals surface area contributed by atoms with Gasteiger partial charge in [-0.15, -0.1) is 23.5 Å². The standard InChI is InChI=1S/C28H26N4O2S2/c1-33-25-11-9-21(15-23(25)19-35-27-7-3-5-13-29-27)17-31-32-18-22-10-12-26(34-2)24(16-22)20-36-28-8-4-6-14-30-28/h3-18H,19-20H2,1-2H3. The fourth-order valence-electron chi connectivity index (χ4n) is 3.35. The molecule has 0 fully saturated rings. The summed E-state index contributed by atoms with van der Waals surface area (Å²) in [5, 5.41) is 10.5. The minimum absolute atomic E-state index is 0.746. The van der Waals surface area contributed by atoms with Gasteiger partial charge in [0.05, 0.1) is 36.7 Å². The summed E-state index contributed by atoms with van der Waals surface area (Å²) in [6.45, 7) is 0. The van der Waals surface area contributed by atoms with Crippen LogP contribution in [0.1, 0.15) is 22.3 Å². The van der Waals surface area contributed by atoms with E-state index in [1.165, 1.54) is 0 Å². The van der Waals surface area contributed by atoms with Crippen molar-refractivity contribution >= 4 is 36.0 Å². The van der Waals surface area contributed by atoms with Crippen LogP contribution < -0.4 is 9.47 Å². The maximum Gasteiger partial charge on any atom is 0.122 e. The molecule has 0 saturated carbocycles. The van der Waals surface area contributed by atoms with Gasteiger partial charge in [0.1, 0.15) is 11.5 Å². The van der Waals surface area contributed by atoms with Crippen molar-refractivity contribution in [2.45, 2.75) is 21.6 Å². The average Bonchev–Trinajstić information content (AvgIpc) is 2.94. The third kappa shape index (κ3) is 7.44. The third-order valence-corrected chi connectivity index (χ3v) is 7.10. The zero-order valence-corrected chi connectivity index (χ0v) is 21.7. The molecule has 2 aromatic carbocycles. The van der Waals surface area contributed by atoms with Crippen LogP contribution in [0.4, 0.5) is 0 Å². The number of hydrogen-bond donors (Lipinski definition) is 0. The lowest BCUT2D eigenvalue weighted by molar-refractivity contribution is 0.411. The monoisotopic (exact) mass is 514 g/mol. The number of thioether (sulfide) groups is 2. The Bertz CT molecular complexity index is 1210. The molecule has 36 heavy (non-hydrogen) atoms. The van der Waals surface area contributed by atoms with Crippen LogP contribution in [-0.2, 0) is 11.5 Å². The Morgan fingerprint density at radius 1 is 0.667 bits per heavy atom. The number of aromatic nitrogens is 2. The summed E-state index contributed by atoms with van der Waals surface area (Å²) < 4.78 is 11.1. The Labute approximate surface area is 219 Å². The summed E-state index contributed by atoms with van der Waals surface area (Å²) in [5.74, 6) is 3.17. The maximum absolute atomic E-state index is 5.53. The molecule has 8 heteroatoms. The molecule has 0 atom stereocenters. The summed E-state index contributed by atoms with van der Waals surface area (Å²) >= 11 is 3.33. The molecule has 2 heterocycles. The molecule has 4 aromatic rings. The van der Waals surface area contributed by atoms with Crippen molar-refractivity contribution in [3.63, 3.8) is 0 Å². The summed E-state index contributed by atoms with van der Waals surface area (Å²) in [5.41, 5.74) is 4.05. The lowest BCUT2D eigenvalue weighted by Gasteiger charge is -2.09. The minimum Gasteiger partial charge on any atom is -0.496 e. The van der Waals surface area contributed by atoms with Crippen LogP contribution >= 0.6 is 23.5 Å². The van der Waals surface area contributed by atoms with Crippen LogP contribution in [0.5, 0.6) is 11.5 Å². The molecule has 0 bridgehead atoms. The fraction of sp³-hybridized carbons (Fsp3) is 0.143. The molecule has 0 radical (unpaired) electrons. The Hall–Kier alpha value is -3.62. The van der Waals surface area contributed by atoms with E-state index in [4.69, 9.17) is 9.47 Å². The van der Waals surface area contributed by atoms with Crippen LogP contribution in [0, 0.1) is 0 Å². The lowest BCUT2D eigenvalue weighted by atomic mass is 10.1. The van der Waals surface area contributed by atoms with Gasteiger partial charge in [0.15, 0.2) is 0 Å². The van der Waals surface area contributed by atoms with E-state index in [0.717, 1.165) is 55.3 Å². The van der Waals surface area contributed by atoms with Gasteiger partial charge in [0, 0.05) is 35.0 Å². The molecular formula is C28H26N4O2S2. The second-order valence-corrected chi connectivity index (χ2v) is 9.54. The van der Waals surface area contributed by atoms with Gasteiger partial charge in [-0.05, 0) is 71.8 Å². The molecule has 0 aliphatic heterocycles. The maximum atomic E-state index is 5.53. The number of methoxy groups -OCH3 is 2. The van der Waals surface area contributed by atoms with Gasteiger partial charge >= 0.3 is 0 Å². The number of ether oxygens (including phenoxy) is 2.